The van der Waals surface area contributed by atoms with Crippen LogP contribution in [0, 0.1) is 23.2 Å². The van der Waals surface area contributed by atoms with Crippen LogP contribution in [0.1, 0.15) is 66.2 Å². The molecule has 172 valence electrons. The summed E-state index contributed by atoms with van der Waals surface area (Å²) in [4.78, 5) is 10.8. The highest BCUT2D eigenvalue weighted by atomic mass is 28.4. The van der Waals surface area contributed by atoms with Crippen LogP contribution < -0.4 is 10.4 Å². The molecule has 2 fully saturated rings. The Hall–Kier alpha value is -1.71. The second-order valence-corrected chi connectivity index (χ2v) is 15.8. The van der Waals surface area contributed by atoms with Crippen LogP contribution in [0.5, 0.6) is 0 Å². The summed E-state index contributed by atoms with van der Waals surface area (Å²) in [6.07, 6.45) is 8.05. The van der Waals surface area contributed by atoms with Crippen LogP contribution >= 0.6 is 0 Å². The van der Waals surface area contributed by atoms with Gasteiger partial charge in [-0.25, -0.2) is 0 Å². The Balaban J connectivity index is 1.40. The van der Waals surface area contributed by atoms with E-state index in [1.54, 1.807) is 0 Å². The van der Waals surface area contributed by atoms with Gasteiger partial charge in [-0.2, -0.15) is 0 Å². The topological polar surface area (TPSA) is 26.3 Å². The van der Waals surface area contributed by atoms with Gasteiger partial charge >= 0.3 is 0 Å². The molecule has 3 heteroatoms. The van der Waals surface area contributed by atoms with Crippen LogP contribution in [0.2, 0.25) is 5.04 Å². The summed E-state index contributed by atoms with van der Waals surface area (Å²) < 4.78 is 7.05. The number of aldehydes is 1. The van der Waals surface area contributed by atoms with Gasteiger partial charge in [0.15, 0.2) is 0 Å². The normalized spacial score (nSPS) is 27.2. The standard InChI is InChI=1S/C29H40O2Si/c1-28(2,3)32(24-14-7-5-8-15-24,25-16-9-6-10-17-25)31-20-11-13-23-21-26(23)27-22-29(27,4)18-12-19-30/h5-10,14-17,19,23,26-27H,11-13,18,20-22H2,1-4H3/t23-,26-,27+,29-/m0/s1. The number of carbonyl (C=O) groups is 1. The monoisotopic (exact) mass is 448 g/mol. The summed E-state index contributed by atoms with van der Waals surface area (Å²) >= 11 is 0. The fourth-order valence-corrected chi connectivity index (χ4v) is 10.8. The lowest BCUT2D eigenvalue weighted by molar-refractivity contribution is -0.108. The predicted molar refractivity (Wildman–Crippen MR) is 136 cm³/mol. The van der Waals surface area contributed by atoms with Gasteiger partial charge in [0, 0.05) is 13.0 Å². The quantitative estimate of drug-likeness (QED) is 0.240. The zero-order valence-corrected chi connectivity index (χ0v) is 21.3. The molecule has 0 amide bonds. The molecule has 0 aromatic heterocycles. The minimum absolute atomic E-state index is 0.0478. The Labute approximate surface area is 195 Å². The van der Waals surface area contributed by atoms with Crippen molar-refractivity contribution in [2.75, 3.05) is 6.61 Å². The van der Waals surface area contributed by atoms with Gasteiger partial charge < -0.3 is 9.22 Å². The zero-order valence-electron chi connectivity index (χ0n) is 20.3. The lowest BCUT2D eigenvalue weighted by atomic mass is 9.97. The van der Waals surface area contributed by atoms with Crippen LogP contribution in [-0.2, 0) is 9.22 Å². The molecule has 0 bridgehead atoms. The van der Waals surface area contributed by atoms with Crippen molar-refractivity contribution in [2.24, 2.45) is 23.2 Å². The molecule has 4 atom stereocenters. The molecule has 2 aliphatic carbocycles. The third-order valence-electron chi connectivity index (χ3n) is 8.20. The average Bonchev–Trinajstić information content (AvgIpc) is 3.69. The SMILES string of the molecule is CC(C)(C)[Si](OCCC[C@H]1C[C@@H]1[C@H]1C[C@]1(C)CCC=O)(c1ccccc1)c1ccccc1. The summed E-state index contributed by atoms with van der Waals surface area (Å²) in [5, 5.41) is 2.78. The molecule has 0 radical (unpaired) electrons. The summed E-state index contributed by atoms with van der Waals surface area (Å²) in [6, 6.07) is 21.9. The molecule has 0 aliphatic heterocycles. The average molecular weight is 449 g/mol. The van der Waals surface area contributed by atoms with Gasteiger partial charge in [-0.1, -0.05) is 88.4 Å². The largest absolute Gasteiger partial charge is 0.407 e. The van der Waals surface area contributed by atoms with Gasteiger partial charge in [-0.05, 0) is 70.7 Å². The van der Waals surface area contributed by atoms with Gasteiger partial charge in [-0.3, -0.25) is 0 Å². The fraction of sp³-hybridized carbons (Fsp3) is 0.552. The summed E-state index contributed by atoms with van der Waals surface area (Å²) in [6.45, 7) is 10.3. The smallest absolute Gasteiger partial charge is 0.261 e. The van der Waals surface area contributed by atoms with Crippen molar-refractivity contribution in [2.45, 2.75) is 71.3 Å². The van der Waals surface area contributed by atoms with Crippen LogP contribution in [0.25, 0.3) is 0 Å². The van der Waals surface area contributed by atoms with Crippen LogP contribution in [0.15, 0.2) is 60.7 Å². The molecule has 0 N–H and O–H groups in total. The molecule has 0 unspecified atom stereocenters. The Morgan fingerprint density at radius 1 is 1.03 bits per heavy atom. The molecule has 0 spiro atoms. The maximum absolute atomic E-state index is 10.8. The maximum atomic E-state index is 10.8. The van der Waals surface area contributed by atoms with Crippen molar-refractivity contribution in [1.29, 1.82) is 0 Å². The maximum Gasteiger partial charge on any atom is 0.261 e. The third kappa shape index (κ3) is 4.65. The van der Waals surface area contributed by atoms with Gasteiger partial charge in [0.1, 0.15) is 6.29 Å². The lowest BCUT2D eigenvalue weighted by Crippen LogP contribution is -2.66. The van der Waals surface area contributed by atoms with Gasteiger partial charge in [0.25, 0.3) is 8.32 Å². The second kappa shape index (κ2) is 9.27. The Bertz CT molecular complexity index is 849. The lowest BCUT2D eigenvalue weighted by Gasteiger charge is -2.43. The molecule has 0 saturated heterocycles. The predicted octanol–water partition coefficient (Wildman–Crippen LogP) is 5.98. The Kier molecular flexibility index (Phi) is 6.79. The van der Waals surface area contributed by atoms with Gasteiger partial charge in [-0.15, -0.1) is 0 Å². The molecule has 4 rings (SSSR count). The van der Waals surface area contributed by atoms with Crippen molar-refractivity contribution in [3.8, 4) is 0 Å². The highest BCUT2D eigenvalue weighted by Gasteiger charge is 2.59. The number of hydrogen-bond donors (Lipinski definition) is 0. The molecule has 2 aromatic rings. The van der Waals surface area contributed by atoms with Crippen LogP contribution in [-0.4, -0.2) is 21.2 Å². The van der Waals surface area contributed by atoms with E-state index in [-0.39, 0.29) is 5.04 Å². The number of carbonyl (C=O) groups excluding carboxylic acids is 1. The molecule has 2 nitrogen and oxygen atoms in total. The molecular formula is C29H40O2Si. The van der Waals surface area contributed by atoms with E-state index < -0.39 is 8.32 Å². The number of rotatable bonds is 11. The molecule has 0 heterocycles. The van der Waals surface area contributed by atoms with Crippen LogP contribution in [0.4, 0.5) is 0 Å². The van der Waals surface area contributed by atoms with E-state index in [4.69, 9.17) is 4.43 Å². The minimum Gasteiger partial charge on any atom is -0.407 e. The van der Waals surface area contributed by atoms with E-state index in [0.29, 0.717) is 5.41 Å². The van der Waals surface area contributed by atoms with E-state index in [2.05, 4.69) is 88.4 Å². The summed E-state index contributed by atoms with van der Waals surface area (Å²) in [7, 11) is -2.40. The summed E-state index contributed by atoms with van der Waals surface area (Å²) in [5.74, 6) is 2.64. The van der Waals surface area contributed by atoms with Crippen molar-refractivity contribution in [3.05, 3.63) is 60.7 Å². The van der Waals surface area contributed by atoms with E-state index >= 15 is 0 Å². The van der Waals surface area contributed by atoms with E-state index in [1.165, 1.54) is 29.6 Å². The number of benzene rings is 2. The van der Waals surface area contributed by atoms with Gasteiger partial charge in [0.2, 0.25) is 0 Å². The van der Waals surface area contributed by atoms with Crippen molar-refractivity contribution >= 4 is 25.0 Å². The fourth-order valence-electron chi connectivity index (χ4n) is 6.22. The molecule has 32 heavy (non-hydrogen) atoms. The summed E-state index contributed by atoms with van der Waals surface area (Å²) in [5.41, 5.74) is 0.450. The van der Waals surface area contributed by atoms with Crippen molar-refractivity contribution in [3.63, 3.8) is 0 Å². The molecular weight excluding hydrogens is 408 g/mol. The van der Waals surface area contributed by atoms with Crippen molar-refractivity contribution < 1.29 is 9.22 Å². The second-order valence-electron chi connectivity index (χ2n) is 11.5. The first-order chi connectivity index (χ1) is 15.3. The Morgan fingerprint density at radius 3 is 2.16 bits per heavy atom. The number of hydrogen-bond acceptors (Lipinski definition) is 2. The first-order valence-electron chi connectivity index (χ1n) is 12.5. The van der Waals surface area contributed by atoms with E-state index in [1.807, 2.05) is 0 Å². The zero-order chi connectivity index (χ0) is 22.8. The van der Waals surface area contributed by atoms with E-state index in [0.717, 1.165) is 49.9 Å². The highest BCUT2D eigenvalue weighted by molar-refractivity contribution is 6.99. The molecule has 2 aliphatic rings. The third-order valence-corrected chi connectivity index (χ3v) is 13.2. The first-order valence-corrected chi connectivity index (χ1v) is 14.4. The first kappa shape index (κ1) is 23.4. The van der Waals surface area contributed by atoms with Crippen molar-refractivity contribution in [1.82, 2.24) is 0 Å². The molecule has 2 aromatic carbocycles. The Morgan fingerprint density at radius 2 is 1.62 bits per heavy atom. The van der Waals surface area contributed by atoms with Gasteiger partial charge in [0.05, 0.1) is 0 Å². The van der Waals surface area contributed by atoms with E-state index in [9.17, 15) is 4.79 Å². The minimum atomic E-state index is -2.40. The van der Waals surface area contributed by atoms with Crippen LogP contribution in [0.3, 0.4) is 0 Å². The molecule has 2 saturated carbocycles. The highest BCUT2D eigenvalue weighted by Crippen LogP contribution is 2.67.